The van der Waals surface area contributed by atoms with Gasteiger partial charge in [-0.2, -0.15) is 4.98 Å². The fourth-order valence-electron chi connectivity index (χ4n) is 5.64. The lowest BCUT2D eigenvalue weighted by Gasteiger charge is -2.33. The van der Waals surface area contributed by atoms with E-state index in [1.165, 1.54) is 13.5 Å². The largest absolute Gasteiger partial charge is 0.375 e. The Kier molecular flexibility index (Phi) is 5.40. The van der Waals surface area contributed by atoms with E-state index in [1.807, 2.05) is 4.90 Å². The molecule has 2 amide bonds. The molecule has 2 heterocycles. The highest BCUT2D eigenvalue weighted by molar-refractivity contribution is 5.82. The zero-order chi connectivity index (χ0) is 20.6. The molecule has 3 fully saturated rings. The normalized spacial score (nSPS) is 30.9. The highest BCUT2D eigenvalue weighted by atomic mass is 16.5. The minimum absolute atomic E-state index is 0.0205. The molecule has 1 aliphatic heterocycles. The van der Waals surface area contributed by atoms with Crippen LogP contribution in [0.4, 0.5) is 0 Å². The third-order valence-electron chi connectivity index (χ3n) is 7.29. The highest BCUT2D eigenvalue weighted by Crippen LogP contribution is 2.50. The lowest BCUT2D eigenvalue weighted by molar-refractivity contribution is -0.135. The fourth-order valence-corrected chi connectivity index (χ4v) is 5.64. The minimum atomic E-state index is -0.393. The summed E-state index contributed by atoms with van der Waals surface area (Å²) in [7, 11) is 1.53. The second-order valence-electron chi connectivity index (χ2n) is 9.44. The highest BCUT2D eigenvalue weighted by Gasteiger charge is 2.58. The maximum absolute atomic E-state index is 13.1. The van der Waals surface area contributed by atoms with E-state index in [9.17, 15) is 9.59 Å². The molecule has 1 aromatic rings. The van der Waals surface area contributed by atoms with E-state index in [-0.39, 0.29) is 35.8 Å². The summed E-state index contributed by atoms with van der Waals surface area (Å²) < 4.78 is 10.6. The van der Waals surface area contributed by atoms with Crippen LogP contribution < -0.4 is 5.32 Å². The molecule has 2 saturated carbocycles. The van der Waals surface area contributed by atoms with Crippen LogP contribution in [0.3, 0.4) is 0 Å². The van der Waals surface area contributed by atoms with E-state index in [0.717, 1.165) is 38.5 Å². The Balaban J connectivity index is 1.51. The Morgan fingerprint density at radius 2 is 2.07 bits per heavy atom. The quantitative estimate of drug-likeness (QED) is 0.806. The molecule has 3 atom stereocenters. The molecule has 8 heteroatoms. The Hall–Kier alpha value is -1.96. The molecule has 8 nitrogen and oxygen atoms in total. The van der Waals surface area contributed by atoms with Crippen LogP contribution in [0, 0.1) is 18.3 Å². The lowest BCUT2D eigenvalue weighted by Crippen LogP contribution is -2.46. The van der Waals surface area contributed by atoms with Gasteiger partial charge in [0.1, 0.15) is 6.61 Å². The number of ether oxygens (including phenoxy) is 1. The number of carbonyl (C=O) groups is 2. The van der Waals surface area contributed by atoms with E-state index >= 15 is 0 Å². The minimum Gasteiger partial charge on any atom is -0.375 e. The summed E-state index contributed by atoms with van der Waals surface area (Å²) in [5, 5.41) is 7.32. The predicted octanol–water partition coefficient (Wildman–Crippen LogP) is 1.97. The average Bonchev–Trinajstić information content (AvgIpc) is 3.35. The first kappa shape index (κ1) is 20.3. The van der Waals surface area contributed by atoms with Crippen LogP contribution in [0.15, 0.2) is 4.52 Å². The Bertz CT molecular complexity index is 772. The molecule has 0 spiro atoms. The van der Waals surface area contributed by atoms with Crippen LogP contribution in [-0.2, 0) is 19.7 Å². The van der Waals surface area contributed by atoms with Crippen molar-refractivity contribution in [3.05, 3.63) is 11.7 Å². The number of aryl methyl sites for hydroxylation is 1. The number of aromatic nitrogens is 2. The predicted molar refractivity (Wildman–Crippen MR) is 105 cm³/mol. The lowest BCUT2D eigenvalue weighted by atomic mass is 9.75. The van der Waals surface area contributed by atoms with Crippen molar-refractivity contribution in [2.45, 2.75) is 70.3 Å². The molecule has 4 rings (SSSR count). The van der Waals surface area contributed by atoms with E-state index in [0.29, 0.717) is 24.8 Å². The van der Waals surface area contributed by atoms with Crippen LogP contribution in [0.5, 0.6) is 0 Å². The topological polar surface area (TPSA) is 97.6 Å². The van der Waals surface area contributed by atoms with Crippen LogP contribution in [0.25, 0.3) is 0 Å². The number of fused-ring (bicyclic) bond motifs is 1. The number of methoxy groups -OCH3 is 1. The molecule has 1 aromatic heterocycles. The number of amides is 2. The zero-order valence-corrected chi connectivity index (χ0v) is 17.7. The summed E-state index contributed by atoms with van der Waals surface area (Å²) in [6.07, 6.45) is 6.93. The first-order valence-electron chi connectivity index (χ1n) is 10.7. The maximum Gasteiger partial charge on any atom is 0.248 e. The summed E-state index contributed by atoms with van der Waals surface area (Å²) in [4.78, 5) is 31.8. The van der Waals surface area contributed by atoms with Crippen molar-refractivity contribution in [3.63, 3.8) is 0 Å². The third kappa shape index (κ3) is 3.67. The van der Waals surface area contributed by atoms with Crippen molar-refractivity contribution in [1.29, 1.82) is 0 Å². The van der Waals surface area contributed by atoms with E-state index in [4.69, 9.17) is 9.26 Å². The Morgan fingerprint density at radius 3 is 2.72 bits per heavy atom. The van der Waals surface area contributed by atoms with Gasteiger partial charge in [0.15, 0.2) is 5.82 Å². The summed E-state index contributed by atoms with van der Waals surface area (Å²) in [5.74, 6) is 1.53. The molecule has 0 radical (unpaired) electrons. The van der Waals surface area contributed by atoms with Crippen molar-refractivity contribution < 1.29 is 18.8 Å². The van der Waals surface area contributed by atoms with Crippen molar-refractivity contribution in [2.24, 2.45) is 11.3 Å². The first-order valence-corrected chi connectivity index (χ1v) is 10.7. The van der Waals surface area contributed by atoms with Gasteiger partial charge in [-0.3, -0.25) is 9.59 Å². The summed E-state index contributed by atoms with van der Waals surface area (Å²) >= 11 is 0. The van der Waals surface area contributed by atoms with E-state index in [2.05, 4.69) is 22.4 Å². The van der Waals surface area contributed by atoms with E-state index in [1.54, 1.807) is 6.92 Å². The first-order chi connectivity index (χ1) is 13.9. The Labute approximate surface area is 171 Å². The standard InChI is InChI=1S/C21H32N4O4/c1-14-22-19(29-24-14)21-10-16(23-18(27)20(2)7-5-4-6-8-20)9-15(21)11-25(13-21)17(26)12-28-3/h15-16H,4-13H2,1-3H3,(H,23,27)/t15?,16-,21+/m1/s1. The van der Waals surface area contributed by atoms with Crippen molar-refractivity contribution >= 4 is 11.8 Å². The smallest absolute Gasteiger partial charge is 0.248 e. The zero-order valence-electron chi connectivity index (χ0n) is 17.7. The molecule has 1 unspecified atom stereocenters. The molecule has 0 bridgehead atoms. The van der Waals surface area contributed by atoms with Gasteiger partial charge in [0.2, 0.25) is 17.7 Å². The van der Waals surface area contributed by atoms with Gasteiger partial charge in [-0.1, -0.05) is 31.3 Å². The van der Waals surface area contributed by atoms with Gasteiger partial charge in [0.05, 0.1) is 5.41 Å². The number of carbonyl (C=O) groups excluding carboxylic acids is 2. The fraction of sp³-hybridized carbons (Fsp3) is 0.810. The van der Waals surface area contributed by atoms with Gasteiger partial charge in [0.25, 0.3) is 0 Å². The number of hydrogen-bond acceptors (Lipinski definition) is 6. The van der Waals surface area contributed by atoms with Gasteiger partial charge in [-0.05, 0) is 38.5 Å². The monoisotopic (exact) mass is 404 g/mol. The van der Waals surface area contributed by atoms with Gasteiger partial charge >= 0.3 is 0 Å². The number of likely N-dealkylation sites (tertiary alicyclic amines) is 1. The molecular formula is C21H32N4O4. The van der Waals surface area contributed by atoms with Gasteiger partial charge in [0, 0.05) is 31.7 Å². The Morgan fingerprint density at radius 1 is 1.31 bits per heavy atom. The van der Waals surface area contributed by atoms with Crippen LogP contribution >= 0.6 is 0 Å². The second kappa shape index (κ2) is 7.70. The van der Waals surface area contributed by atoms with Crippen LogP contribution in [0.2, 0.25) is 0 Å². The van der Waals surface area contributed by atoms with Crippen molar-refractivity contribution in [3.8, 4) is 0 Å². The van der Waals surface area contributed by atoms with Crippen LogP contribution in [-0.4, -0.2) is 59.7 Å². The number of nitrogens with one attached hydrogen (secondary N) is 1. The number of nitrogens with zero attached hydrogens (tertiary/aromatic N) is 3. The molecule has 1 saturated heterocycles. The maximum atomic E-state index is 13.1. The van der Waals surface area contributed by atoms with Gasteiger partial charge < -0.3 is 19.5 Å². The molecule has 3 aliphatic rings. The third-order valence-corrected chi connectivity index (χ3v) is 7.29. The van der Waals surface area contributed by atoms with Gasteiger partial charge in [-0.15, -0.1) is 0 Å². The van der Waals surface area contributed by atoms with E-state index < -0.39 is 5.41 Å². The summed E-state index contributed by atoms with van der Waals surface area (Å²) in [6, 6.07) is 0.0677. The molecule has 1 N–H and O–H groups in total. The van der Waals surface area contributed by atoms with Crippen molar-refractivity contribution in [2.75, 3.05) is 26.8 Å². The SMILES string of the molecule is COCC(=O)N1CC2C[C@@H](NC(=O)C3(C)CCCCC3)C[C@]2(c2nc(C)no2)C1. The molecule has 29 heavy (non-hydrogen) atoms. The molecular weight excluding hydrogens is 372 g/mol. The number of rotatable bonds is 5. The molecule has 160 valence electrons. The molecule has 0 aromatic carbocycles. The average molecular weight is 405 g/mol. The van der Waals surface area contributed by atoms with Crippen LogP contribution in [0.1, 0.15) is 63.6 Å². The second-order valence-corrected chi connectivity index (χ2v) is 9.44. The summed E-state index contributed by atoms with van der Waals surface area (Å²) in [6.45, 7) is 5.14. The summed E-state index contributed by atoms with van der Waals surface area (Å²) in [5.41, 5.74) is -0.652. The number of hydrogen-bond donors (Lipinski definition) is 1. The van der Waals surface area contributed by atoms with Crippen molar-refractivity contribution in [1.82, 2.24) is 20.4 Å². The van der Waals surface area contributed by atoms with Gasteiger partial charge in [-0.25, -0.2) is 0 Å². The molecule has 2 aliphatic carbocycles.